The van der Waals surface area contributed by atoms with Gasteiger partial charge in [0, 0.05) is 24.7 Å². The topological polar surface area (TPSA) is 64.4 Å². The highest BCUT2D eigenvalue weighted by Crippen LogP contribution is 2.32. The van der Waals surface area contributed by atoms with Gasteiger partial charge in [-0.15, -0.1) is 0 Å². The molecule has 0 unspecified atom stereocenters. The normalized spacial score (nSPS) is 14.6. The predicted molar refractivity (Wildman–Crippen MR) is 67.3 cm³/mol. The average Bonchev–Trinajstić information content (AvgIpc) is 3.12. The molecule has 18 heavy (non-hydrogen) atoms. The predicted octanol–water partition coefficient (Wildman–Crippen LogP) is 2.63. The lowest BCUT2D eigenvalue weighted by molar-refractivity contribution is -0.386. The second kappa shape index (κ2) is 5.62. The van der Waals surface area contributed by atoms with Crippen molar-refractivity contribution in [1.82, 2.24) is 5.32 Å². The van der Waals surface area contributed by atoms with Crippen molar-refractivity contribution in [3.63, 3.8) is 0 Å². The number of nitrogens with one attached hydrogen (secondary N) is 1. The van der Waals surface area contributed by atoms with E-state index in [0.717, 1.165) is 25.0 Å². The number of hydrogen-bond donors (Lipinski definition) is 1. The van der Waals surface area contributed by atoms with Crippen molar-refractivity contribution in [2.24, 2.45) is 0 Å². The number of hydrogen-bond acceptors (Lipinski definition) is 4. The van der Waals surface area contributed by atoms with Crippen LogP contribution in [0.4, 0.5) is 10.1 Å². The van der Waals surface area contributed by atoms with E-state index in [0.29, 0.717) is 12.6 Å². The molecule has 0 radical (unpaired) electrons. The van der Waals surface area contributed by atoms with Crippen LogP contribution in [0.1, 0.15) is 12.8 Å². The summed E-state index contributed by atoms with van der Waals surface area (Å²) >= 11 is 2.91. The third-order valence-electron chi connectivity index (χ3n) is 2.57. The lowest BCUT2D eigenvalue weighted by Gasteiger charge is -2.08. The first-order chi connectivity index (χ1) is 8.58. The number of rotatable bonds is 6. The van der Waals surface area contributed by atoms with Crippen LogP contribution in [0.3, 0.4) is 0 Å². The number of benzene rings is 1. The average molecular weight is 319 g/mol. The van der Waals surface area contributed by atoms with E-state index in [1.807, 2.05) is 0 Å². The van der Waals surface area contributed by atoms with Gasteiger partial charge >= 0.3 is 5.69 Å². The molecule has 0 spiro atoms. The summed E-state index contributed by atoms with van der Waals surface area (Å²) in [6.45, 7) is 0.873. The van der Waals surface area contributed by atoms with E-state index in [-0.39, 0.29) is 22.5 Å². The summed E-state index contributed by atoms with van der Waals surface area (Å²) in [5.41, 5.74) is -0.241. The van der Waals surface area contributed by atoms with E-state index >= 15 is 0 Å². The fraction of sp³-hybridized carbons (Fsp3) is 0.455. The molecule has 0 atom stereocenters. The fourth-order valence-corrected chi connectivity index (χ4v) is 1.82. The second-order valence-corrected chi connectivity index (χ2v) is 4.92. The lowest BCUT2D eigenvalue weighted by Crippen LogP contribution is -2.23. The van der Waals surface area contributed by atoms with Crippen molar-refractivity contribution in [3.8, 4) is 5.75 Å². The number of nitrogens with zero attached hydrogens (tertiary/aromatic N) is 1. The quantitative estimate of drug-likeness (QED) is 0.497. The van der Waals surface area contributed by atoms with Gasteiger partial charge in [-0.3, -0.25) is 10.1 Å². The standard InChI is InChI=1S/C11H12BrFN2O3/c12-8-5-10(15(16)17)11(6-9(8)13)18-4-3-14-7-1-2-7/h5-7,14H,1-4H2. The van der Waals surface area contributed by atoms with Gasteiger partial charge in [-0.2, -0.15) is 0 Å². The first kappa shape index (κ1) is 13.2. The molecule has 1 aromatic carbocycles. The maximum absolute atomic E-state index is 13.3. The van der Waals surface area contributed by atoms with Crippen LogP contribution in [0.5, 0.6) is 5.75 Å². The number of nitro groups is 1. The van der Waals surface area contributed by atoms with E-state index in [1.54, 1.807) is 0 Å². The van der Waals surface area contributed by atoms with E-state index in [2.05, 4.69) is 21.2 Å². The maximum atomic E-state index is 13.3. The molecule has 1 N–H and O–H groups in total. The van der Waals surface area contributed by atoms with Crippen molar-refractivity contribution < 1.29 is 14.1 Å². The molecule has 1 aliphatic rings. The molecule has 0 amide bonds. The van der Waals surface area contributed by atoms with E-state index in [1.165, 1.54) is 0 Å². The molecule has 1 saturated carbocycles. The molecule has 7 heteroatoms. The highest BCUT2D eigenvalue weighted by Gasteiger charge is 2.21. The summed E-state index contributed by atoms with van der Waals surface area (Å²) in [7, 11) is 0. The monoisotopic (exact) mass is 318 g/mol. The summed E-state index contributed by atoms with van der Waals surface area (Å²) in [6, 6.07) is 2.68. The Kier molecular flexibility index (Phi) is 4.13. The summed E-state index contributed by atoms with van der Waals surface area (Å²) in [5.74, 6) is -0.621. The largest absolute Gasteiger partial charge is 0.485 e. The molecule has 1 aromatic rings. The number of ether oxygens (including phenoxy) is 1. The van der Waals surface area contributed by atoms with Gasteiger partial charge in [0.15, 0.2) is 5.75 Å². The molecule has 5 nitrogen and oxygen atoms in total. The summed E-state index contributed by atoms with van der Waals surface area (Å²) in [5, 5.41) is 14.0. The molecule has 0 bridgehead atoms. The van der Waals surface area contributed by atoms with Crippen molar-refractivity contribution in [1.29, 1.82) is 0 Å². The molecule has 1 fully saturated rings. The van der Waals surface area contributed by atoms with Gasteiger partial charge in [-0.25, -0.2) is 4.39 Å². The van der Waals surface area contributed by atoms with Crippen molar-refractivity contribution in [2.75, 3.05) is 13.2 Å². The van der Waals surface area contributed by atoms with Crippen molar-refractivity contribution in [3.05, 3.63) is 32.5 Å². The van der Waals surface area contributed by atoms with Crippen LogP contribution < -0.4 is 10.1 Å². The third kappa shape index (κ3) is 3.39. The third-order valence-corrected chi connectivity index (χ3v) is 3.18. The van der Waals surface area contributed by atoms with Crippen molar-refractivity contribution in [2.45, 2.75) is 18.9 Å². The van der Waals surface area contributed by atoms with Crippen LogP contribution >= 0.6 is 15.9 Å². The van der Waals surface area contributed by atoms with Crippen LogP contribution in [-0.2, 0) is 0 Å². The first-order valence-electron chi connectivity index (χ1n) is 5.57. The Labute approximate surface area is 112 Å². The Morgan fingerprint density at radius 3 is 2.89 bits per heavy atom. The van der Waals surface area contributed by atoms with Gasteiger partial charge in [0.25, 0.3) is 0 Å². The fourth-order valence-electron chi connectivity index (χ4n) is 1.49. The molecule has 98 valence electrons. The van der Waals surface area contributed by atoms with Gasteiger partial charge in [0.05, 0.1) is 9.40 Å². The van der Waals surface area contributed by atoms with Gasteiger partial charge in [-0.05, 0) is 28.8 Å². The van der Waals surface area contributed by atoms with E-state index in [9.17, 15) is 14.5 Å². The van der Waals surface area contributed by atoms with Gasteiger partial charge < -0.3 is 10.1 Å². The summed E-state index contributed by atoms with van der Waals surface area (Å²) < 4.78 is 18.6. The lowest BCUT2D eigenvalue weighted by atomic mass is 10.3. The minimum atomic E-state index is -0.589. The Morgan fingerprint density at radius 2 is 2.28 bits per heavy atom. The van der Waals surface area contributed by atoms with E-state index < -0.39 is 10.7 Å². The Bertz CT molecular complexity index is 466. The van der Waals surface area contributed by atoms with Crippen LogP contribution in [-0.4, -0.2) is 24.1 Å². The zero-order chi connectivity index (χ0) is 13.1. The molecular formula is C11H12BrFN2O3. The molecule has 0 saturated heterocycles. The van der Waals surface area contributed by atoms with E-state index in [4.69, 9.17) is 4.74 Å². The summed E-state index contributed by atoms with van der Waals surface area (Å²) in [4.78, 5) is 10.2. The smallest absolute Gasteiger partial charge is 0.312 e. The minimum absolute atomic E-state index is 0.0432. The van der Waals surface area contributed by atoms with Gasteiger partial charge in [0.1, 0.15) is 12.4 Å². The summed E-state index contributed by atoms with van der Waals surface area (Å²) in [6.07, 6.45) is 2.32. The highest BCUT2D eigenvalue weighted by atomic mass is 79.9. The molecule has 1 aliphatic carbocycles. The van der Waals surface area contributed by atoms with Crippen LogP contribution in [0.25, 0.3) is 0 Å². The van der Waals surface area contributed by atoms with Crippen molar-refractivity contribution >= 4 is 21.6 Å². The zero-order valence-corrected chi connectivity index (χ0v) is 11.1. The highest BCUT2D eigenvalue weighted by molar-refractivity contribution is 9.10. The Morgan fingerprint density at radius 1 is 1.56 bits per heavy atom. The Hall–Kier alpha value is -1.21. The number of nitro benzene ring substituents is 1. The van der Waals surface area contributed by atoms with Gasteiger partial charge in [-0.1, -0.05) is 0 Å². The molecular weight excluding hydrogens is 307 g/mol. The molecule has 0 heterocycles. The van der Waals surface area contributed by atoms with Crippen LogP contribution in [0.15, 0.2) is 16.6 Å². The maximum Gasteiger partial charge on any atom is 0.312 e. The molecule has 2 rings (SSSR count). The first-order valence-corrected chi connectivity index (χ1v) is 6.37. The second-order valence-electron chi connectivity index (χ2n) is 4.07. The minimum Gasteiger partial charge on any atom is -0.485 e. The molecule has 0 aromatic heterocycles. The molecule has 0 aliphatic heterocycles. The van der Waals surface area contributed by atoms with Crippen LogP contribution in [0.2, 0.25) is 0 Å². The van der Waals surface area contributed by atoms with Crippen LogP contribution in [0, 0.1) is 15.9 Å². The van der Waals surface area contributed by atoms with Gasteiger partial charge in [0.2, 0.25) is 0 Å². The number of halogens is 2. The SMILES string of the molecule is O=[N+]([O-])c1cc(Br)c(F)cc1OCCNC1CC1. The Balaban J connectivity index is 1.99. The zero-order valence-electron chi connectivity index (χ0n) is 9.49.